The van der Waals surface area contributed by atoms with Crippen molar-refractivity contribution in [2.45, 2.75) is 59.4 Å². The molecule has 0 aliphatic rings. The second kappa shape index (κ2) is 9.87. The van der Waals surface area contributed by atoms with E-state index in [4.69, 9.17) is 0 Å². The molecule has 0 atom stereocenters. The van der Waals surface area contributed by atoms with Crippen LogP contribution < -0.4 is 10.6 Å². The number of hydrogen-bond donors (Lipinski definition) is 2. The Kier molecular flexibility index (Phi) is 7.84. The second-order valence-corrected chi connectivity index (χ2v) is 8.36. The molecule has 7 heteroatoms. The minimum Gasteiger partial charge on any atom is -0.357 e. The van der Waals surface area contributed by atoms with E-state index in [0.29, 0.717) is 18.4 Å². The Balaban J connectivity index is 1.86. The van der Waals surface area contributed by atoms with E-state index in [2.05, 4.69) is 71.0 Å². The molecule has 0 amide bonds. The second-order valence-electron chi connectivity index (χ2n) is 6.52. The van der Waals surface area contributed by atoms with Crippen LogP contribution in [0, 0.1) is 0 Å². The molecule has 2 aromatic rings. The summed E-state index contributed by atoms with van der Waals surface area (Å²) in [7, 11) is 0. The molecule has 0 saturated heterocycles. The Morgan fingerprint density at radius 1 is 1.08 bits per heavy atom. The van der Waals surface area contributed by atoms with Gasteiger partial charge in [0.05, 0.1) is 22.9 Å². The first-order chi connectivity index (χ1) is 12.0. The lowest BCUT2D eigenvalue weighted by atomic mass is 10.2. The van der Waals surface area contributed by atoms with Crippen molar-refractivity contribution in [2.24, 2.45) is 4.99 Å². The number of thiazole rings is 2. The summed E-state index contributed by atoms with van der Waals surface area (Å²) in [5.41, 5.74) is 2.30. The quantitative estimate of drug-likeness (QED) is 0.534. The Labute approximate surface area is 159 Å². The summed E-state index contributed by atoms with van der Waals surface area (Å²) >= 11 is 3.43. The zero-order valence-electron chi connectivity index (χ0n) is 15.8. The summed E-state index contributed by atoms with van der Waals surface area (Å²) in [5, 5.41) is 13.2. The van der Waals surface area contributed by atoms with Crippen molar-refractivity contribution in [1.82, 2.24) is 20.6 Å². The third-order valence-corrected chi connectivity index (χ3v) is 5.66. The van der Waals surface area contributed by atoms with E-state index in [-0.39, 0.29) is 0 Å². The van der Waals surface area contributed by atoms with Crippen LogP contribution in [0.4, 0.5) is 0 Å². The van der Waals surface area contributed by atoms with Crippen molar-refractivity contribution >= 4 is 28.6 Å². The highest BCUT2D eigenvalue weighted by molar-refractivity contribution is 7.10. The van der Waals surface area contributed by atoms with Crippen molar-refractivity contribution in [3.8, 4) is 0 Å². The van der Waals surface area contributed by atoms with Gasteiger partial charge in [-0.1, -0.05) is 27.7 Å². The van der Waals surface area contributed by atoms with Gasteiger partial charge in [0.2, 0.25) is 0 Å². The van der Waals surface area contributed by atoms with E-state index < -0.39 is 0 Å². The van der Waals surface area contributed by atoms with Crippen LogP contribution in [0.2, 0.25) is 0 Å². The van der Waals surface area contributed by atoms with Crippen molar-refractivity contribution < 1.29 is 0 Å². The molecule has 0 radical (unpaired) electrons. The molecule has 0 aliphatic carbocycles. The Morgan fingerprint density at radius 2 is 1.88 bits per heavy atom. The summed E-state index contributed by atoms with van der Waals surface area (Å²) in [6.07, 6.45) is 0.905. The third-order valence-electron chi connectivity index (χ3n) is 3.61. The molecule has 0 bridgehead atoms. The van der Waals surface area contributed by atoms with Gasteiger partial charge in [-0.15, -0.1) is 22.7 Å². The molecule has 2 heterocycles. The average molecular weight is 380 g/mol. The van der Waals surface area contributed by atoms with Crippen molar-refractivity contribution in [2.75, 3.05) is 13.1 Å². The summed E-state index contributed by atoms with van der Waals surface area (Å²) in [5.74, 6) is 1.80. The first-order valence-electron chi connectivity index (χ1n) is 8.90. The van der Waals surface area contributed by atoms with Gasteiger partial charge in [-0.05, 0) is 12.8 Å². The number of nitrogens with zero attached hydrogens (tertiary/aromatic N) is 3. The molecule has 0 spiro atoms. The fourth-order valence-electron chi connectivity index (χ4n) is 2.16. The standard InChI is InChI=1S/C18H29N5S2/c1-6-19-18(21-9-16-23-15(11-24-16)12(2)3)20-8-7-14-10-25-17(22-14)13(4)5/h10-13H,6-9H2,1-5H3,(H2,19,20,21). The van der Waals surface area contributed by atoms with Crippen LogP contribution in [0.25, 0.3) is 0 Å². The molecule has 0 aliphatic heterocycles. The zero-order valence-corrected chi connectivity index (χ0v) is 17.4. The van der Waals surface area contributed by atoms with Crippen LogP contribution in [0.1, 0.15) is 67.9 Å². The summed E-state index contributed by atoms with van der Waals surface area (Å²) < 4.78 is 0. The highest BCUT2D eigenvalue weighted by atomic mass is 32.1. The molecule has 0 aromatic carbocycles. The maximum atomic E-state index is 4.68. The van der Waals surface area contributed by atoms with Crippen LogP contribution in [-0.4, -0.2) is 29.0 Å². The molecule has 2 rings (SSSR count). The predicted octanol–water partition coefficient (Wildman–Crippen LogP) is 4.14. The first-order valence-corrected chi connectivity index (χ1v) is 10.7. The summed E-state index contributed by atoms with van der Waals surface area (Å²) in [6.45, 7) is 13.0. The number of guanidine groups is 1. The highest BCUT2D eigenvalue weighted by Crippen LogP contribution is 2.19. The smallest absolute Gasteiger partial charge is 0.191 e. The van der Waals surface area contributed by atoms with Gasteiger partial charge < -0.3 is 10.6 Å². The lowest BCUT2D eigenvalue weighted by Crippen LogP contribution is -2.38. The molecule has 5 nitrogen and oxygen atoms in total. The molecular formula is C18H29N5S2. The molecule has 138 valence electrons. The van der Waals surface area contributed by atoms with Crippen LogP contribution in [-0.2, 0) is 13.0 Å². The predicted molar refractivity (Wildman–Crippen MR) is 109 cm³/mol. The molecule has 0 fully saturated rings. The largest absolute Gasteiger partial charge is 0.357 e. The van der Waals surface area contributed by atoms with Gasteiger partial charge in [-0.3, -0.25) is 0 Å². The van der Waals surface area contributed by atoms with Gasteiger partial charge in [0.15, 0.2) is 5.96 Å². The monoisotopic (exact) mass is 379 g/mol. The minimum atomic E-state index is 0.467. The molecular weight excluding hydrogens is 350 g/mol. The fourth-order valence-corrected chi connectivity index (χ4v) is 3.91. The topological polar surface area (TPSA) is 62.2 Å². The van der Waals surface area contributed by atoms with Crippen LogP contribution >= 0.6 is 22.7 Å². The lowest BCUT2D eigenvalue weighted by Gasteiger charge is -2.10. The number of rotatable bonds is 8. The third kappa shape index (κ3) is 6.40. The molecule has 25 heavy (non-hydrogen) atoms. The van der Waals surface area contributed by atoms with E-state index in [1.807, 2.05) is 0 Å². The van der Waals surface area contributed by atoms with E-state index in [1.165, 1.54) is 5.01 Å². The zero-order chi connectivity index (χ0) is 18.2. The van der Waals surface area contributed by atoms with Crippen LogP contribution in [0.3, 0.4) is 0 Å². The Hall–Kier alpha value is -1.47. The lowest BCUT2D eigenvalue weighted by molar-refractivity contribution is 0.777. The van der Waals surface area contributed by atoms with Gasteiger partial charge in [-0.25, -0.2) is 15.0 Å². The fraction of sp³-hybridized carbons (Fsp3) is 0.611. The number of hydrogen-bond acceptors (Lipinski definition) is 5. The summed E-state index contributed by atoms with van der Waals surface area (Å²) in [6, 6.07) is 0. The van der Waals surface area contributed by atoms with Gasteiger partial charge in [-0.2, -0.15) is 0 Å². The normalized spacial score (nSPS) is 12.2. The first kappa shape index (κ1) is 19.8. The Morgan fingerprint density at radius 3 is 2.48 bits per heavy atom. The molecule has 0 unspecified atom stereocenters. The molecule has 2 aromatic heterocycles. The van der Waals surface area contributed by atoms with Crippen LogP contribution in [0.5, 0.6) is 0 Å². The van der Waals surface area contributed by atoms with Crippen molar-refractivity contribution in [3.05, 3.63) is 32.2 Å². The average Bonchev–Trinajstić information content (AvgIpc) is 3.22. The van der Waals surface area contributed by atoms with E-state index in [9.17, 15) is 0 Å². The van der Waals surface area contributed by atoms with Gasteiger partial charge in [0.25, 0.3) is 0 Å². The molecule has 0 saturated carbocycles. The van der Waals surface area contributed by atoms with Gasteiger partial charge >= 0.3 is 0 Å². The minimum absolute atomic E-state index is 0.467. The number of nitrogens with one attached hydrogen (secondary N) is 2. The van der Waals surface area contributed by atoms with Crippen molar-refractivity contribution in [1.29, 1.82) is 0 Å². The van der Waals surface area contributed by atoms with Crippen molar-refractivity contribution in [3.63, 3.8) is 0 Å². The number of aromatic nitrogens is 2. The maximum Gasteiger partial charge on any atom is 0.191 e. The maximum absolute atomic E-state index is 4.68. The SMILES string of the molecule is CCNC(=NCc1nc(C(C)C)cs1)NCCc1csc(C(C)C)n1. The van der Waals surface area contributed by atoms with E-state index in [0.717, 1.165) is 41.9 Å². The number of aliphatic imine (C=N–C) groups is 1. The summed E-state index contributed by atoms with van der Waals surface area (Å²) in [4.78, 5) is 14.0. The van der Waals surface area contributed by atoms with E-state index in [1.54, 1.807) is 22.7 Å². The highest BCUT2D eigenvalue weighted by Gasteiger charge is 2.07. The van der Waals surface area contributed by atoms with Gasteiger partial charge in [0, 0.05) is 36.2 Å². The Bertz CT molecular complexity index is 673. The van der Waals surface area contributed by atoms with Gasteiger partial charge in [0.1, 0.15) is 5.01 Å². The van der Waals surface area contributed by atoms with E-state index >= 15 is 0 Å². The molecule has 2 N–H and O–H groups in total. The van der Waals surface area contributed by atoms with Crippen LogP contribution in [0.15, 0.2) is 15.8 Å².